The SMILES string of the molecule is OCCCNC1CCN(Cc2ccncc2)CC1. The second kappa shape index (κ2) is 7.46. The van der Waals surface area contributed by atoms with Gasteiger partial charge in [0.25, 0.3) is 0 Å². The summed E-state index contributed by atoms with van der Waals surface area (Å²) < 4.78 is 0. The molecule has 0 aromatic carbocycles. The molecule has 1 saturated heterocycles. The number of likely N-dealkylation sites (tertiary alicyclic amines) is 1. The van der Waals surface area contributed by atoms with Crippen molar-refractivity contribution in [1.82, 2.24) is 15.2 Å². The largest absolute Gasteiger partial charge is 0.396 e. The highest BCUT2D eigenvalue weighted by Gasteiger charge is 2.18. The van der Waals surface area contributed by atoms with E-state index in [4.69, 9.17) is 5.11 Å². The van der Waals surface area contributed by atoms with Crippen LogP contribution >= 0.6 is 0 Å². The van der Waals surface area contributed by atoms with E-state index < -0.39 is 0 Å². The van der Waals surface area contributed by atoms with E-state index in [2.05, 4.69) is 27.3 Å². The minimum Gasteiger partial charge on any atom is -0.396 e. The second-order valence-electron chi connectivity index (χ2n) is 4.94. The van der Waals surface area contributed by atoms with Gasteiger partial charge in [-0.1, -0.05) is 0 Å². The summed E-state index contributed by atoms with van der Waals surface area (Å²) in [5.74, 6) is 0. The number of rotatable bonds is 6. The molecule has 1 aromatic heterocycles. The van der Waals surface area contributed by atoms with Crippen LogP contribution in [0.15, 0.2) is 24.5 Å². The molecule has 100 valence electrons. The number of aliphatic hydroxyl groups is 1. The minimum atomic E-state index is 0.286. The van der Waals surface area contributed by atoms with Gasteiger partial charge >= 0.3 is 0 Å². The lowest BCUT2D eigenvalue weighted by Gasteiger charge is -2.32. The van der Waals surface area contributed by atoms with Gasteiger partial charge in [-0.2, -0.15) is 0 Å². The highest BCUT2D eigenvalue weighted by atomic mass is 16.3. The molecule has 4 nitrogen and oxygen atoms in total. The van der Waals surface area contributed by atoms with E-state index in [1.54, 1.807) is 0 Å². The maximum absolute atomic E-state index is 8.75. The summed E-state index contributed by atoms with van der Waals surface area (Å²) in [5.41, 5.74) is 1.34. The lowest BCUT2D eigenvalue weighted by Crippen LogP contribution is -2.42. The Morgan fingerprint density at radius 2 is 2.00 bits per heavy atom. The van der Waals surface area contributed by atoms with Crippen molar-refractivity contribution in [2.45, 2.75) is 31.8 Å². The van der Waals surface area contributed by atoms with Crippen molar-refractivity contribution in [3.8, 4) is 0 Å². The first kappa shape index (κ1) is 13.5. The molecule has 1 aliphatic heterocycles. The standard InChI is InChI=1S/C14H23N3O/c18-11-1-6-16-14-4-9-17(10-5-14)12-13-2-7-15-8-3-13/h2-3,7-8,14,16,18H,1,4-6,9-12H2. The molecule has 2 rings (SSSR count). The fraction of sp³-hybridized carbons (Fsp3) is 0.643. The fourth-order valence-electron chi connectivity index (χ4n) is 2.43. The first-order valence-electron chi connectivity index (χ1n) is 6.84. The molecule has 0 radical (unpaired) electrons. The summed E-state index contributed by atoms with van der Waals surface area (Å²) in [7, 11) is 0. The third kappa shape index (κ3) is 4.37. The van der Waals surface area contributed by atoms with Gasteiger partial charge in [-0.3, -0.25) is 9.88 Å². The molecule has 0 saturated carbocycles. The monoisotopic (exact) mass is 249 g/mol. The molecule has 18 heavy (non-hydrogen) atoms. The Hall–Kier alpha value is -0.970. The first-order valence-corrected chi connectivity index (χ1v) is 6.84. The van der Waals surface area contributed by atoms with Crippen molar-refractivity contribution >= 4 is 0 Å². The van der Waals surface area contributed by atoms with Gasteiger partial charge in [0.05, 0.1) is 0 Å². The van der Waals surface area contributed by atoms with Gasteiger partial charge in [-0.15, -0.1) is 0 Å². The number of aliphatic hydroxyl groups excluding tert-OH is 1. The smallest absolute Gasteiger partial charge is 0.0443 e. The topological polar surface area (TPSA) is 48.4 Å². The molecule has 0 aliphatic carbocycles. The Morgan fingerprint density at radius 1 is 1.28 bits per heavy atom. The Labute approximate surface area is 109 Å². The van der Waals surface area contributed by atoms with Gasteiger partial charge in [0.15, 0.2) is 0 Å². The Balaban J connectivity index is 1.67. The number of hydrogen-bond acceptors (Lipinski definition) is 4. The van der Waals surface area contributed by atoms with Crippen LogP contribution < -0.4 is 5.32 Å². The predicted molar refractivity (Wildman–Crippen MR) is 72.2 cm³/mol. The zero-order valence-electron chi connectivity index (χ0n) is 10.9. The molecule has 0 spiro atoms. The Bertz CT molecular complexity index is 323. The van der Waals surface area contributed by atoms with E-state index >= 15 is 0 Å². The highest BCUT2D eigenvalue weighted by Crippen LogP contribution is 2.13. The van der Waals surface area contributed by atoms with Gasteiger partial charge in [0.1, 0.15) is 0 Å². The van der Waals surface area contributed by atoms with Crippen molar-refractivity contribution < 1.29 is 5.11 Å². The molecule has 0 unspecified atom stereocenters. The van der Waals surface area contributed by atoms with Crippen LogP contribution in [0.3, 0.4) is 0 Å². The summed E-state index contributed by atoms with van der Waals surface area (Å²) in [6.45, 7) is 4.56. The van der Waals surface area contributed by atoms with Crippen molar-refractivity contribution in [3.63, 3.8) is 0 Å². The van der Waals surface area contributed by atoms with E-state index in [0.29, 0.717) is 6.04 Å². The van der Waals surface area contributed by atoms with E-state index in [1.165, 1.54) is 18.4 Å². The predicted octanol–water partition coefficient (Wildman–Crippen LogP) is 1.02. The first-order chi connectivity index (χ1) is 8.88. The molecule has 1 aliphatic rings. The lowest BCUT2D eigenvalue weighted by atomic mass is 10.0. The average molecular weight is 249 g/mol. The van der Waals surface area contributed by atoms with E-state index in [0.717, 1.165) is 32.6 Å². The third-order valence-electron chi connectivity index (χ3n) is 3.51. The van der Waals surface area contributed by atoms with Gasteiger partial charge < -0.3 is 10.4 Å². The van der Waals surface area contributed by atoms with Crippen LogP contribution in [0.5, 0.6) is 0 Å². The molecule has 2 N–H and O–H groups in total. The zero-order valence-corrected chi connectivity index (χ0v) is 10.9. The average Bonchev–Trinajstić information content (AvgIpc) is 2.42. The molecule has 4 heteroatoms. The molecule has 0 bridgehead atoms. The number of hydrogen-bond donors (Lipinski definition) is 2. The summed E-state index contributed by atoms with van der Waals surface area (Å²) in [5, 5.41) is 12.3. The molecule has 1 aromatic rings. The highest BCUT2D eigenvalue weighted by molar-refractivity contribution is 5.09. The molecule has 0 amide bonds. The van der Waals surface area contributed by atoms with Gasteiger partial charge in [-0.25, -0.2) is 0 Å². The Kier molecular flexibility index (Phi) is 5.58. The van der Waals surface area contributed by atoms with Gasteiger partial charge in [-0.05, 0) is 56.6 Å². The number of nitrogens with one attached hydrogen (secondary N) is 1. The molecular weight excluding hydrogens is 226 g/mol. The minimum absolute atomic E-state index is 0.286. The van der Waals surface area contributed by atoms with E-state index in [-0.39, 0.29) is 6.61 Å². The molecule has 0 atom stereocenters. The number of piperidine rings is 1. The summed E-state index contributed by atoms with van der Waals surface area (Å²) in [4.78, 5) is 6.54. The van der Waals surface area contributed by atoms with Crippen LogP contribution in [-0.2, 0) is 6.54 Å². The Morgan fingerprint density at radius 3 is 2.67 bits per heavy atom. The quantitative estimate of drug-likeness (QED) is 0.739. The number of pyridine rings is 1. The van der Waals surface area contributed by atoms with E-state index in [1.807, 2.05) is 12.4 Å². The van der Waals surface area contributed by atoms with Crippen molar-refractivity contribution in [2.75, 3.05) is 26.2 Å². The van der Waals surface area contributed by atoms with Crippen LogP contribution in [0.1, 0.15) is 24.8 Å². The third-order valence-corrected chi connectivity index (χ3v) is 3.51. The summed E-state index contributed by atoms with van der Waals surface area (Å²) in [6, 6.07) is 4.81. The van der Waals surface area contributed by atoms with Crippen molar-refractivity contribution in [2.24, 2.45) is 0 Å². The van der Waals surface area contributed by atoms with Gasteiger partial charge in [0.2, 0.25) is 0 Å². The molecule has 1 fully saturated rings. The normalized spacial score (nSPS) is 18.1. The van der Waals surface area contributed by atoms with Crippen molar-refractivity contribution in [3.05, 3.63) is 30.1 Å². The van der Waals surface area contributed by atoms with Crippen LogP contribution in [0.4, 0.5) is 0 Å². The van der Waals surface area contributed by atoms with Crippen LogP contribution in [0.2, 0.25) is 0 Å². The zero-order chi connectivity index (χ0) is 12.6. The summed E-state index contributed by atoms with van der Waals surface area (Å²) >= 11 is 0. The maximum atomic E-state index is 8.75. The van der Waals surface area contributed by atoms with Crippen molar-refractivity contribution in [1.29, 1.82) is 0 Å². The van der Waals surface area contributed by atoms with Crippen LogP contribution in [0, 0.1) is 0 Å². The molecular formula is C14H23N3O. The van der Waals surface area contributed by atoms with Crippen LogP contribution in [0.25, 0.3) is 0 Å². The maximum Gasteiger partial charge on any atom is 0.0443 e. The number of aromatic nitrogens is 1. The lowest BCUT2D eigenvalue weighted by molar-refractivity contribution is 0.188. The second-order valence-corrected chi connectivity index (χ2v) is 4.94. The van der Waals surface area contributed by atoms with Crippen LogP contribution in [-0.4, -0.2) is 47.3 Å². The summed E-state index contributed by atoms with van der Waals surface area (Å²) in [6.07, 6.45) is 6.99. The molecule has 2 heterocycles. The fourth-order valence-corrected chi connectivity index (χ4v) is 2.43. The number of nitrogens with zero attached hydrogens (tertiary/aromatic N) is 2. The van der Waals surface area contributed by atoms with E-state index in [9.17, 15) is 0 Å². The van der Waals surface area contributed by atoms with Gasteiger partial charge in [0, 0.05) is 31.6 Å².